The summed E-state index contributed by atoms with van der Waals surface area (Å²) in [5.41, 5.74) is 2.97. The maximum absolute atomic E-state index is 12.5. The zero-order valence-electron chi connectivity index (χ0n) is 15.0. The number of nitrogens with zero attached hydrogens (tertiary/aromatic N) is 4. The van der Waals surface area contributed by atoms with Crippen LogP contribution >= 0.6 is 0 Å². The zero-order chi connectivity index (χ0) is 17.8. The van der Waals surface area contributed by atoms with E-state index in [1.54, 1.807) is 23.5 Å². The van der Waals surface area contributed by atoms with Crippen molar-refractivity contribution in [2.24, 2.45) is 5.92 Å². The van der Waals surface area contributed by atoms with Gasteiger partial charge < -0.3 is 10.2 Å². The monoisotopic (exact) mass is 339 g/mol. The number of nitrogens with one attached hydrogen (secondary N) is 1. The fourth-order valence-electron chi connectivity index (χ4n) is 3.54. The van der Waals surface area contributed by atoms with Gasteiger partial charge in [-0.25, -0.2) is 4.79 Å². The number of anilines is 1. The van der Waals surface area contributed by atoms with Gasteiger partial charge in [-0.3, -0.25) is 14.9 Å². The van der Waals surface area contributed by atoms with Gasteiger partial charge in [0.15, 0.2) is 0 Å². The van der Waals surface area contributed by atoms with Crippen molar-refractivity contribution in [3.63, 3.8) is 0 Å². The number of carbonyl (C=O) groups is 1. The van der Waals surface area contributed by atoms with Crippen molar-refractivity contribution >= 4 is 11.7 Å². The highest BCUT2D eigenvalue weighted by atomic mass is 16.2. The van der Waals surface area contributed by atoms with Crippen molar-refractivity contribution in [3.05, 3.63) is 54.1 Å². The van der Waals surface area contributed by atoms with Gasteiger partial charge in [-0.1, -0.05) is 6.07 Å². The van der Waals surface area contributed by atoms with Crippen LogP contribution in [-0.2, 0) is 0 Å². The van der Waals surface area contributed by atoms with Crippen molar-refractivity contribution in [1.82, 2.24) is 19.8 Å². The van der Waals surface area contributed by atoms with Crippen molar-refractivity contribution < 1.29 is 4.79 Å². The summed E-state index contributed by atoms with van der Waals surface area (Å²) in [6, 6.07) is 6.17. The first-order valence-electron chi connectivity index (χ1n) is 8.59. The Kier molecular flexibility index (Phi) is 5.28. The van der Waals surface area contributed by atoms with Crippen LogP contribution in [0.5, 0.6) is 0 Å². The Hall–Kier alpha value is -2.47. The number of pyridine rings is 2. The van der Waals surface area contributed by atoms with Gasteiger partial charge in [-0.2, -0.15) is 0 Å². The third kappa shape index (κ3) is 3.96. The summed E-state index contributed by atoms with van der Waals surface area (Å²) in [7, 11) is 3.98. The van der Waals surface area contributed by atoms with Gasteiger partial charge in [-0.05, 0) is 56.1 Å². The largest absolute Gasteiger partial charge is 0.327 e. The lowest BCUT2D eigenvalue weighted by Gasteiger charge is -2.28. The van der Waals surface area contributed by atoms with E-state index in [1.165, 1.54) is 5.56 Å². The van der Waals surface area contributed by atoms with Gasteiger partial charge in [0.1, 0.15) is 0 Å². The zero-order valence-corrected chi connectivity index (χ0v) is 15.0. The van der Waals surface area contributed by atoms with Crippen LogP contribution in [-0.4, -0.2) is 53.0 Å². The quantitative estimate of drug-likeness (QED) is 0.930. The lowest BCUT2D eigenvalue weighted by molar-refractivity contribution is 0.201. The van der Waals surface area contributed by atoms with E-state index in [1.807, 2.05) is 32.3 Å². The molecule has 6 heteroatoms. The molecule has 1 aliphatic heterocycles. The van der Waals surface area contributed by atoms with Gasteiger partial charge in [0.05, 0.1) is 11.9 Å². The molecule has 3 heterocycles. The Bertz CT molecular complexity index is 721. The maximum Gasteiger partial charge on any atom is 0.321 e. The number of carbonyl (C=O) groups excluding carboxylic acids is 1. The van der Waals surface area contributed by atoms with Crippen molar-refractivity contribution in [3.8, 4) is 0 Å². The molecule has 3 rings (SSSR count). The Labute approximate surface area is 148 Å². The Morgan fingerprint density at radius 1 is 1.32 bits per heavy atom. The van der Waals surface area contributed by atoms with Gasteiger partial charge in [0.25, 0.3) is 0 Å². The molecule has 1 fully saturated rings. The maximum atomic E-state index is 12.5. The molecular weight excluding hydrogens is 314 g/mol. The van der Waals surface area contributed by atoms with Crippen LogP contribution < -0.4 is 5.32 Å². The van der Waals surface area contributed by atoms with Crippen LogP contribution in [0.15, 0.2) is 43.0 Å². The minimum Gasteiger partial charge on any atom is -0.327 e. The molecule has 1 aliphatic rings. The fraction of sp³-hybridized carbons (Fsp3) is 0.421. The molecule has 2 atom stereocenters. The average molecular weight is 339 g/mol. The van der Waals surface area contributed by atoms with Gasteiger partial charge >= 0.3 is 6.03 Å². The SMILES string of the molecule is Cc1ccncc1NC(=O)N(C)C[C@@H]1CCN(C)[C@H]1c1cccnc1. The standard InChI is InChI=1S/C19H25N5O/c1-14-6-9-21-12-17(14)22-19(25)24(3)13-16-7-10-23(2)18(16)15-5-4-8-20-11-15/h4-6,8-9,11-12,16,18H,7,10,13H2,1-3H3,(H,22,25)/t16-,18-/m0/s1. The van der Waals surface area contributed by atoms with Gasteiger partial charge in [0.2, 0.25) is 0 Å². The minimum absolute atomic E-state index is 0.101. The molecule has 132 valence electrons. The molecular formula is C19H25N5O. The number of likely N-dealkylation sites (tertiary alicyclic amines) is 1. The summed E-state index contributed by atoms with van der Waals surface area (Å²) in [6.07, 6.45) is 8.20. The third-order valence-electron chi connectivity index (χ3n) is 4.94. The Balaban J connectivity index is 1.66. The van der Waals surface area contributed by atoms with E-state index in [2.05, 4.69) is 33.3 Å². The molecule has 2 aromatic rings. The highest BCUT2D eigenvalue weighted by molar-refractivity contribution is 5.89. The molecule has 2 aromatic heterocycles. The van der Waals surface area contributed by atoms with Crippen molar-refractivity contribution in [1.29, 1.82) is 0 Å². The smallest absolute Gasteiger partial charge is 0.321 e. The van der Waals surface area contributed by atoms with Gasteiger partial charge in [-0.15, -0.1) is 0 Å². The van der Waals surface area contributed by atoms with Crippen LogP contribution in [0.3, 0.4) is 0 Å². The normalized spacial score (nSPS) is 20.4. The molecule has 0 aromatic carbocycles. The Morgan fingerprint density at radius 3 is 2.84 bits per heavy atom. The van der Waals surface area contributed by atoms with E-state index < -0.39 is 0 Å². The number of aryl methyl sites for hydroxylation is 1. The molecule has 1 N–H and O–H groups in total. The van der Waals surface area contributed by atoms with E-state index in [9.17, 15) is 4.79 Å². The predicted octanol–water partition coefficient (Wildman–Crippen LogP) is 2.94. The van der Waals surface area contributed by atoms with E-state index >= 15 is 0 Å². The van der Waals surface area contributed by atoms with Crippen LogP contribution in [0.25, 0.3) is 0 Å². The number of amides is 2. The highest BCUT2D eigenvalue weighted by Crippen LogP contribution is 2.36. The van der Waals surface area contributed by atoms with E-state index in [0.29, 0.717) is 18.5 Å². The molecule has 0 spiro atoms. The summed E-state index contributed by atoms with van der Waals surface area (Å²) >= 11 is 0. The molecule has 0 radical (unpaired) electrons. The molecule has 0 saturated carbocycles. The van der Waals surface area contributed by atoms with E-state index in [0.717, 1.165) is 24.2 Å². The molecule has 1 saturated heterocycles. The predicted molar refractivity (Wildman–Crippen MR) is 98.3 cm³/mol. The number of rotatable bonds is 4. The highest BCUT2D eigenvalue weighted by Gasteiger charge is 2.34. The lowest BCUT2D eigenvalue weighted by Crippen LogP contribution is -2.37. The topological polar surface area (TPSA) is 61.4 Å². The lowest BCUT2D eigenvalue weighted by atomic mass is 9.94. The summed E-state index contributed by atoms with van der Waals surface area (Å²) in [4.78, 5) is 25.0. The summed E-state index contributed by atoms with van der Waals surface area (Å²) < 4.78 is 0. The number of urea groups is 1. The molecule has 0 bridgehead atoms. The molecule has 0 unspecified atom stereocenters. The van der Waals surface area contributed by atoms with Crippen molar-refractivity contribution in [2.75, 3.05) is 32.5 Å². The Morgan fingerprint density at radius 2 is 2.12 bits per heavy atom. The first-order valence-corrected chi connectivity index (χ1v) is 8.59. The molecule has 0 aliphatic carbocycles. The first-order chi connectivity index (χ1) is 12.1. The van der Waals surface area contributed by atoms with Crippen LogP contribution in [0.4, 0.5) is 10.5 Å². The second-order valence-corrected chi connectivity index (χ2v) is 6.76. The summed E-state index contributed by atoms with van der Waals surface area (Å²) in [6.45, 7) is 3.69. The van der Waals surface area contributed by atoms with E-state index in [4.69, 9.17) is 0 Å². The van der Waals surface area contributed by atoms with E-state index in [-0.39, 0.29) is 6.03 Å². The molecule has 2 amide bonds. The number of hydrogen-bond donors (Lipinski definition) is 1. The number of hydrogen-bond acceptors (Lipinski definition) is 4. The molecule has 6 nitrogen and oxygen atoms in total. The van der Waals surface area contributed by atoms with Crippen LogP contribution in [0.2, 0.25) is 0 Å². The second-order valence-electron chi connectivity index (χ2n) is 6.76. The van der Waals surface area contributed by atoms with Crippen molar-refractivity contribution in [2.45, 2.75) is 19.4 Å². The molecule has 25 heavy (non-hydrogen) atoms. The third-order valence-corrected chi connectivity index (χ3v) is 4.94. The first kappa shape index (κ1) is 17.4. The average Bonchev–Trinajstić information content (AvgIpc) is 2.98. The minimum atomic E-state index is -0.101. The second kappa shape index (κ2) is 7.61. The van der Waals surface area contributed by atoms with Crippen LogP contribution in [0.1, 0.15) is 23.6 Å². The van der Waals surface area contributed by atoms with Crippen LogP contribution in [0, 0.1) is 12.8 Å². The van der Waals surface area contributed by atoms with Gasteiger partial charge in [0, 0.05) is 38.2 Å². The summed E-state index contributed by atoms with van der Waals surface area (Å²) in [5.74, 6) is 0.389. The fourth-order valence-corrected chi connectivity index (χ4v) is 3.54. The summed E-state index contributed by atoms with van der Waals surface area (Å²) in [5, 5.41) is 2.95. The number of aromatic nitrogens is 2.